The standard InChI is InChI=1S/C20H17F3N6O2/c1-3-15-10-13(8-9-24-15)11-29-12(2)25-18(27-29)19-26-17(28-31-19)14-4-6-16(7-5-14)30-20(21,22)23/h4-10H,3,11H2,1-2H3. The Balaban J connectivity index is 1.52. The minimum Gasteiger partial charge on any atom is -0.406 e. The third-order valence-electron chi connectivity index (χ3n) is 4.40. The molecule has 0 aliphatic rings. The molecule has 8 nitrogen and oxygen atoms in total. The molecule has 4 rings (SSSR count). The average Bonchev–Trinajstić information content (AvgIpc) is 3.35. The lowest BCUT2D eigenvalue weighted by Gasteiger charge is -2.08. The van der Waals surface area contributed by atoms with Crippen LogP contribution in [0.5, 0.6) is 5.75 Å². The van der Waals surface area contributed by atoms with Crippen LogP contribution in [-0.2, 0) is 13.0 Å². The van der Waals surface area contributed by atoms with Gasteiger partial charge in [0.25, 0.3) is 5.89 Å². The Labute approximate surface area is 174 Å². The summed E-state index contributed by atoms with van der Waals surface area (Å²) in [6.45, 7) is 4.36. The zero-order chi connectivity index (χ0) is 22.0. The highest BCUT2D eigenvalue weighted by Gasteiger charge is 2.31. The molecule has 11 heteroatoms. The van der Waals surface area contributed by atoms with Crippen LogP contribution in [0.2, 0.25) is 0 Å². The first-order valence-corrected chi connectivity index (χ1v) is 9.36. The molecule has 0 saturated carbocycles. The van der Waals surface area contributed by atoms with Crippen molar-refractivity contribution in [3.63, 3.8) is 0 Å². The predicted molar refractivity (Wildman–Crippen MR) is 103 cm³/mol. The first-order valence-electron chi connectivity index (χ1n) is 9.36. The van der Waals surface area contributed by atoms with Crippen LogP contribution in [0, 0.1) is 6.92 Å². The largest absolute Gasteiger partial charge is 0.573 e. The third-order valence-corrected chi connectivity index (χ3v) is 4.40. The molecule has 1 aromatic carbocycles. The van der Waals surface area contributed by atoms with Crippen LogP contribution >= 0.6 is 0 Å². The summed E-state index contributed by atoms with van der Waals surface area (Å²) < 4.78 is 47.7. The van der Waals surface area contributed by atoms with Crippen LogP contribution in [0.4, 0.5) is 13.2 Å². The van der Waals surface area contributed by atoms with E-state index in [9.17, 15) is 13.2 Å². The minimum atomic E-state index is -4.75. The molecule has 0 radical (unpaired) electrons. The number of aromatic nitrogens is 6. The van der Waals surface area contributed by atoms with Crippen LogP contribution in [-0.4, -0.2) is 36.3 Å². The summed E-state index contributed by atoms with van der Waals surface area (Å²) in [6.07, 6.45) is -2.16. The van der Waals surface area contributed by atoms with Crippen molar-refractivity contribution in [1.82, 2.24) is 29.9 Å². The van der Waals surface area contributed by atoms with E-state index in [1.807, 2.05) is 26.0 Å². The summed E-state index contributed by atoms with van der Waals surface area (Å²) in [7, 11) is 0. The van der Waals surface area contributed by atoms with Gasteiger partial charge in [-0.05, 0) is 55.3 Å². The number of aryl methyl sites for hydroxylation is 2. The molecule has 160 valence electrons. The molecule has 0 N–H and O–H groups in total. The highest BCUT2D eigenvalue weighted by molar-refractivity contribution is 5.57. The fraction of sp³-hybridized carbons (Fsp3) is 0.250. The number of rotatable bonds is 6. The second-order valence-corrected chi connectivity index (χ2v) is 6.64. The number of benzene rings is 1. The van der Waals surface area contributed by atoms with Gasteiger partial charge in [-0.15, -0.1) is 18.3 Å². The number of hydrogen-bond acceptors (Lipinski definition) is 7. The van der Waals surface area contributed by atoms with E-state index in [0.717, 1.165) is 17.7 Å². The summed E-state index contributed by atoms with van der Waals surface area (Å²) in [6, 6.07) is 9.09. The normalized spacial score (nSPS) is 11.6. The Kier molecular flexibility index (Phi) is 5.40. The highest BCUT2D eigenvalue weighted by atomic mass is 19.4. The van der Waals surface area contributed by atoms with Crippen molar-refractivity contribution >= 4 is 0 Å². The Morgan fingerprint density at radius 3 is 2.55 bits per heavy atom. The van der Waals surface area contributed by atoms with Gasteiger partial charge < -0.3 is 9.26 Å². The van der Waals surface area contributed by atoms with Crippen LogP contribution in [0.3, 0.4) is 0 Å². The Bertz CT molecular complexity index is 1180. The molecular weight excluding hydrogens is 413 g/mol. The quantitative estimate of drug-likeness (QED) is 0.453. The van der Waals surface area contributed by atoms with Gasteiger partial charge in [-0.3, -0.25) is 4.98 Å². The van der Waals surface area contributed by atoms with Gasteiger partial charge in [-0.25, -0.2) is 9.67 Å². The van der Waals surface area contributed by atoms with Gasteiger partial charge in [0, 0.05) is 17.5 Å². The second-order valence-electron chi connectivity index (χ2n) is 6.64. The van der Waals surface area contributed by atoms with Crippen molar-refractivity contribution < 1.29 is 22.4 Å². The molecule has 0 atom stereocenters. The van der Waals surface area contributed by atoms with Gasteiger partial charge in [0.2, 0.25) is 11.6 Å². The van der Waals surface area contributed by atoms with Crippen molar-refractivity contribution in [3.8, 4) is 28.9 Å². The van der Waals surface area contributed by atoms with E-state index in [1.165, 1.54) is 24.3 Å². The Hall–Kier alpha value is -3.76. The summed E-state index contributed by atoms with van der Waals surface area (Å²) in [5.41, 5.74) is 2.49. The summed E-state index contributed by atoms with van der Waals surface area (Å²) in [5.74, 6) is 0.899. The van der Waals surface area contributed by atoms with E-state index in [4.69, 9.17) is 4.52 Å². The topological polar surface area (TPSA) is 91.8 Å². The molecule has 0 aliphatic carbocycles. The van der Waals surface area contributed by atoms with Crippen LogP contribution < -0.4 is 4.74 Å². The van der Waals surface area contributed by atoms with Crippen molar-refractivity contribution in [3.05, 3.63) is 59.7 Å². The lowest BCUT2D eigenvalue weighted by molar-refractivity contribution is -0.274. The molecule has 3 aromatic heterocycles. The molecule has 0 unspecified atom stereocenters. The highest BCUT2D eigenvalue weighted by Crippen LogP contribution is 2.26. The van der Waals surface area contributed by atoms with Gasteiger partial charge in [0.1, 0.15) is 11.6 Å². The summed E-state index contributed by atoms with van der Waals surface area (Å²) >= 11 is 0. The second kappa shape index (κ2) is 8.17. The number of hydrogen-bond donors (Lipinski definition) is 0. The lowest BCUT2D eigenvalue weighted by Crippen LogP contribution is -2.16. The van der Waals surface area contributed by atoms with Crippen molar-refractivity contribution in [1.29, 1.82) is 0 Å². The van der Waals surface area contributed by atoms with Crippen molar-refractivity contribution in [2.24, 2.45) is 0 Å². The van der Waals surface area contributed by atoms with E-state index in [0.29, 0.717) is 17.9 Å². The minimum absolute atomic E-state index is 0.108. The zero-order valence-corrected chi connectivity index (χ0v) is 16.6. The van der Waals surface area contributed by atoms with E-state index in [-0.39, 0.29) is 23.3 Å². The van der Waals surface area contributed by atoms with Crippen molar-refractivity contribution in [2.45, 2.75) is 33.2 Å². The molecule has 4 aromatic rings. The zero-order valence-electron chi connectivity index (χ0n) is 16.6. The molecule has 31 heavy (non-hydrogen) atoms. The van der Waals surface area contributed by atoms with E-state index < -0.39 is 6.36 Å². The molecule has 0 saturated heterocycles. The molecular formula is C20H17F3N6O2. The van der Waals surface area contributed by atoms with Gasteiger partial charge in [0.05, 0.1) is 6.54 Å². The first-order chi connectivity index (χ1) is 14.8. The number of ether oxygens (including phenoxy) is 1. The SMILES string of the molecule is CCc1cc(Cn2nc(-c3nc(-c4ccc(OC(F)(F)F)cc4)no3)nc2C)ccn1. The van der Waals surface area contributed by atoms with E-state index in [2.05, 4.69) is 29.9 Å². The van der Waals surface area contributed by atoms with Crippen LogP contribution in [0.15, 0.2) is 47.1 Å². The number of halogens is 3. The molecule has 0 fully saturated rings. The maximum atomic E-state index is 12.3. The predicted octanol–water partition coefficient (Wildman–Crippen LogP) is 4.21. The van der Waals surface area contributed by atoms with Crippen LogP contribution in [0.1, 0.15) is 24.0 Å². The van der Waals surface area contributed by atoms with Crippen molar-refractivity contribution in [2.75, 3.05) is 0 Å². The molecule has 0 spiro atoms. The number of alkyl halides is 3. The first kappa shape index (κ1) is 20.5. The lowest BCUT2D eigenvalue weighted by atomic mass is 10.2. The molecule has 0 amide bonds. The molecule has 3 heterocycles. The number of nitrogens with zero attached hydrogens (tertiary/aromatic N) is 6. The van der Waals surface area contributed by atoms with Gasteiger partial charge in [-0.2, -0.15) is 4.98 Å². The Morgan fingerprint density at radius 1 is 1.06 bits per heavy atom. The van der Waals surface area contributed by atoms with E-state index in [1.54, 1.807) is 10.9 Å². The molecule has 0 bridgehead atoms. The molecule has 0 aliphatic heterocycles. The third kappa shape index (κ3) is 4.87. The maximum absolute atomic E-state index is 12.3. The van der Waals surface area contributed by atoms with Gasteiger partial charge in [0.15, 0.2) is 0 Å². The smallest absolute Gasteiger partial charge is 0.406 e. The number of pyridine rings is 1. The fourth-order valence-electron chi connectivity index (χ4n) is 2.89. The van der Waals surface area contributed by atoms with Crippen LogP contribution in [0.25, 0.3) is 23.1 Å². The summed E-state index contributed by atoms with van der Waals surface area (Å²) in [5, 5.41) is 8.30. The fourth-order valence-corrected chi connectivity index (χ4v) is 2.89. The Morgan fingerprint density at radius 2 is 1.84 bits per heavy atom. The average molecular weight is 430 g/mol. The van der Waals surface area contributed by atoms with Gasteiger partial charge in [-0.1, -0.05) is 12.1 Å². The summed E-state index contributed by atoms with van der Waals surface area (Å²) in [4.78, 5) is 12.9. The van der Waals surface area contributed by atoms with E-state index >= 15 is 0 Å². The monoisotopic (exact) mass is 430 g/mol. The van der Waals surface area contributed by atoms with Gasteiger partial charge >= 0.3 is 6.36 Å². The maximum Gasteiger partial charge on any atom is 0.573 e.